The Labute approximate surface area is 138 Å². The zero-order valence-corrected chi connectivity index (χ0v) is 13.4. The molecule has 1 heterocycles. The molecular formula is C17H12ClNO3S. The number of nitrogens with one attached hydrogen (secondary N) is 1. The van der Waals surface area contributed by atoms with Gasteiger partial charge in [0.25, 0.3) is 0 Å². The highest BCUT2D eigenvalue weighted by Gasteiger charge is 2.26. The Hall–Kier alpha value is -2.37. The fourth-order valence-electron chi connectivity index (χ4n) is 2.24. The number of rotatable bonds is 4. The van der Waals surface area contributed by atoms with Crippen LogP contribution in [0.3, 0.4) is 0 Å². The number of halogens is 1. The van der Waals surface area contributed by atoms with Crippen LogP contribution in [0.15, 0.2) is 76.8 Å². The zero-order valence-electron chi connectivity index (χ0n) is 11.9. The summed E-state index contributed by atoms with van der Waals surface area (Å²) in [5.74, 6) is -0.348. The van der Waals surface area contributed by atoms with Crippen LogP contribution in [-0.2, 0) is 9.84 Å². The smallest absolute Gasteiger partial charge is 0.208 e. The molecule has 0 bridgehead atoms. The van der Waals surface area contributed by atoms with Gasteiger partial charge in [-0.1, -0.05) is 41.9 Å². The number of aromatic nitrogens is 1. The number of H-pyrrole nitrogens is 1. The van der Waals surface area contributed by atoms with E-state index in [1.807, 2.05) is 0 Å². The molecule has 4 nitrogen and oxygen atoms in total. The molecule has 116 valence electrons. The Morgan fingerprint density at radius 2 is 1.57 bits per heavy atom. The van der Waals surface area contributed by atoms with Gasteiger partial charge in [0.05, 0.1) is 10.5 Å². The Kier molecular flexibility index (Phi) is 4.07. The first kappa shape index (κ1) is 15.5. The van der Waals surface area contributed by atoms with Crippen molar-refractivity contribution in [3.05, 3.63) is 83.1 Å². The van der Waals surface area contributed by atoms with E-state index in [9.17, 15) is 13.2 Å². The van der Waals surface area contributed by atoms with Gasteiger partial charge >= 0.3 is 0 Å². The SMILES string of the molecule is O=C(c1ccccc1)c1c[nH]cc1S(=O)(=O)c1ccc(Cl)cc1. The van der Waals surface area contributed by atoms with Gasteiger partial charge in [0, 0.05) is 23.0 Å². The van der Waals surface area contributed by atoms with E-state index in [-0.39, 0.29) is 21.1 Å². The van der Waals surface area contributed by atoms with Gasteiger partial charge in [0.15, 0.2) is 5.78 Å². The molecule has 0 saturated heterocycles. The van der Waals surface area contributed by atoms with Crippen LogP contribution in [0.2, 0.25) is 5.02 Å². The van der Waals surface area contributed by atoms with E-state index < -0.39 is 9.84 Å². The minimum Gasteiger partial charge on any atom is -0.366 e. The molecule has 1 aromatic heterocycles. The minimum absolute atomic E-state index is 0.0475. The number of aromatic amines is 1. The Bertz CT molecular complexity index is 945. The summed E-state index contributed by atoms with van der Waals surface area (Å²) in [5, 5.41) is 0.443. The van der Waals surface area contributed by atoms with Gasteiger partial charge in [-0.25, -0.2) is 8.42 Å². The first-order chi connectivity index (χ1) is 11.0. The molecule has 0 atom stereocenters. The van der Waals surface area contributed by atoms with Crippen LogP contribution in [0.4, 0.5) is 0 Å². The summed E-state index contributed by atoms with van der Waals surface area (Å²) in [4.78, 5) is 15.3. The molecule has 0 amide bonds. The highest BCUT2D eigenvalue weighted by molar-refractivity contribution is 7.91. The zero-order chi connectivity index (χ0) is 16.4. The quantitative estimate of drug-likeness (QED) is 0.732. The molecule has 0 aliphatic rings. The molecule has 3 aromatic rings. The molecule has 0 spiro atoms. The summed E-state index contributed by atoms with van der Waals surface area (Å²) in [6.07, 6.45) is 2.72. The maximum atomic E-state index is 12.7. The Balaban J connectivity index is 2.07. The molecule has 0 radical (unpaired) electrons. The van der Waals surface area contributed by atoms with Gasteiger partial charge in [-0.3, -0.25) is 4.79 Å². The summed E-state index contributed by atoms with van der Waals surface area (Å²) in [6.45, 7) is 0. The number of ketones is 1. The lowest BCUT2D eigenvalue weighted by atomic mass is 10.1. The van der Waals surface area contributed by atoms with E-state index >= 15 is 0 Å². The van der Waals surface area contributed by atoms with Crippen molar-refractivity contribution in [2.45, 2.75) is 9.79 Å². The first-order valence-electron chi connectivity index (χ1n) is 6.77. The minimum atomic E-state index is -3.81. The van der Waals surface area contributed by atoms with Gasteiger partial charge in [-0.15, -0.1) is 0 Å². The number of sulfone groups is 1. The lowest BCUT2D eigenvalue weighted by Gasteiger charge is -2.06. The lowest BCUT2D eigenvalue weighted by molar-refractivity contribution is 0.103. The van der Waals surface area contributed by atoms with E-state index in [1.165, 1.54) is 36.7 Å². The van der Waals surface area contributed by atoms with Crippen LogP contribution in [0.1, 0.15) is 15.9 Å². The van der Waals surface area contributed by atoms with E-state index in [4.69, 9.17) is 11.6 Å². The predicted octanol–water partition coefficient (Wildman–Crippen LogP) is 3.73. The second-order valence-corrected chi connectivity index (χ2v) is 7.24. The average molecular weight is 346 g/mol. The number of carbonyl (C=O) groups is 1. The largest absolute Gasteiger partial charge is 0.366 e. The van der Waals surface area contributed by atoms with Crippen molar-refractivity contribution in [1.82, 2.24) is 4.98 Å². The topological polar surface area (TPSA) is 67.0 Å². The molecule has 3 rings (SSSR count). The second-order valence-electron chi connectivity index (χ2n) is 4.89. The fourth-order valence-corrected chi connectivity index (χ4v) is 3.77. The number of carbonyl (C=O) groups excluding carboxylic acids is 1. The monoisotopic (exact) mass is 345 g/mol. The van der Waals surface area contributed by atoms with E-state index in [0.717, 1.165) is 0 Å². The van der Waals surface area contributed by atoms with E-state index in [2.05, 4.69) is 4.98 Å². The van der Waals surface area contributed by atoms with Gasteiger partial charge in [-0.2, -0.15) is 0 Å². The van der Waals surface area contributed by atoms with Gasteiger partial charge in [0.2, 0.25) is 9.84 Å². The number of hydrogen-bond donors (Lipinski definition) is 1. The molecular weight excluding hydrogens is 334 g/mol. The first-order valence-corrected chi connectivity index (χ1v) is 8.63. The maximum Gasteiger partial charge on any atom is 0.208 e. The molecule has 2 aromatic carbocycles. The molecule has 0 fully saturated rings. The van der Waals surface area contributed by atoms with Crippen molar-refractivity contribution in [2.75, 3.05) is 0 Å². The van der Waals surface area contributed by atoms with Gasteiger partial charge < -0.3 is 4.98 Å². The lowest BCUT2D eigenvalue weighted by Crippen LogP contribution is -2.08. The van der Waals surface area contributed by atoms with Crippen LogP contribution < -0.4 is 0 Å². The van der Waals surface area contributed by atoms with Gasteiger partial charge in [0.1, 0.15) is 4.90 Å². The van der Waals surface area contributed by atoms with Crippen molar-refractivity contribution >= 4 is 27.2 Å². The van der Waals surface area contributed by atoms with Crippen molar-refractivity contribution in [3.8, 4) is 0 Å². The van der Waals surface area contributed by atoms with Crippen LogP contribution in [-0.4, -0.2) is 19.2 Å². The molecule has 0 saturated carbocycles. The highest BCUT2D eigenvalue weighted by atomic mass is 35.5. The molecule has 0 aliphatic heterocycles. The normalized spacial score (nSPS) is 11.3. The third-order valence-corrected chi connectivity index (χ3v) is 5.46. The Morgan fingerprint density at radius 1 is 0.913 bits per heavy atom. The van der Waals surface area contributed by atoms with E-state index in [1.54, 1.807) is 30.3 Å². The van der Waals surface area contributed by atoms with Crippen molar-refractivity contribution in [1.29, 1.82) is 0 Å². The summed E-state index contributed by atoms with van der Waals surface area (Å²) in [7, 11) is -3.81. The Morgan fingerprint density at radius 3 is 2.22 bits per heavy atom. The van der Waals surface area contributed by atoms with Crippen LogP contribution in [0.25, 0.3) is 0 Å². The summed E-state index contributed by atoms with van der Waals surface area (Å²) in [5.41, 5.74) is 0.547. The number of hydrogen-bond acceptors (Lipinski definition) is 3. The van der Waals surface area contributed by atoms with E-state index in [0.29, 0.717) is 10.6 Å². The summed E-state index contributed by atoms with van der Waals surface area (Å²) >= 11 is 5.79. The highest BCUT2D eigenvalue weighted by Crippen LogP contribution is 2.26. The number of benzene rings is 2. The third-order valence-electron chi connectivity index (χ3n) is 3.40. The van der Waals surface area contributed by atoms with Crippen molar-refractivity contribution in [2.24, 2.45) is 0 Å². The van der Waals surface area contributed by atoms with Crippen molar-refractivity contribution in [3.63, 3.8) is 0 Å². The summed E-state index contributed by atoms with van der Waals surface area (Å²) < 4.78 is 25.5. The van der Waals surface area contributed by atoms with Crippen molar-refractivity contribution < 1.29 is 13.2 Å². The molecule has 6 heteroatoms. The van der Waals surface area contributed by atoms with Crippen LogP contribution in [0.5, 0.6) is 0 Å². The van der Waals surface area contributed by atoms with Gasteiger partial charge in [-0.05, 0) is 24.3 Å². The molecule has 1 N–H and O–H groups in total. The molecule has 23 heavy (non-hydrogen) atoms. The van der Waals surface area contributed by atoms with Crippen LogP contribution in [0, 0.1) is 0 Å². The second kappa shape index (κ2) is 6.02. The fraction of sp³-hybridized carbons (Fsp3) is 0. The third kappa shape index (κ3) is 2.93. The predicted molar refractivity (Wildman–Crippen MR) is 87.6 cm³/mol. The average Bonchev–Trinajstić information content (AvgIpc) is 3.06. The van der Waals surface area contributed by atoms with Crippen LogP contribution >= 0.6 is 11.6 Å². The standard InChI is InChI=1S/C17H12ClNO3S/c18-13-6-8-14(9-7-13)23(21,22)16-11-19-10-15(16)17(20)12-4-2-1-3-5-12/h1-11,19H. The molecule has 0 unspecified atom stereocenters. The maximum absolute atomic E-state index is 12.7. The molecule has 0 aliphatic carbocycles. The summed E-state index contributed by atoms with van der Waals surface area (Å²) in [6, 6.07) is 14.4.